The SMILES string of the molecule is N#CCc1ccc(NC2(CC(=O)O)CNC2)cc1. The smallest absolute Gasteiger partial charge is 0.305 e. The molecule has 0 amide bonds. The highest BCUT2D eigenvalue weighted by molar-refractivity contribution is 5.70. The minimum Gasteiger partial charge on any atom is -0.481 e. The molecule has 0 aromatic heterocycles. The lowest BCUT2D eigenvalue weighted by atomic mass is 9.88. The van der Waals surface area contributed by atoms with Crippen LogP contribution in [-0.4, -0.2) is 29.7 Å². The van der Waals surface area contributed by atoms with Crippen LogP contribution >= 0.6 is 0 Å². The van der Waals surface area contributed by atoms with Crippen LogP contribution in [0.5, 0.6) is 0 Å². The summed E-state index contributed by atoms with van der Waals surface area (Å²) in [4.78, 5) is 10.8. The van der Waals surface area contributed by atoms with Gasteiger partial charge in [-0.3, -0.25) is 4.79 Å². The van der Waals surface area contributed by atoms with E-state index in [4.69, 9.17) is 10.4 Å². The van der Waals surface area contributed by atoms with Crippen molar-refractivity contribution < 1.29 is 9.90 Å². The Balaban J connectivity index is 2.04. The zero-order chi connectivity index (χ0) is 13.0. The van der Waals surface area contributed by atoms with Crippen LogP contribution in [0.1, 0.15) is 12.0 Å². The summed E-state index contributed by atoms with van der Waals surface area (Å²) in [7, 11) is 0. The van der Waals surface area contributed by atoms with Crippen molar-refractivity contribution in [1.82, 2.24) is 5.32 Å². The van der Waals surface area contributed by atoms with Gasteiger partial charge in [-0.25, -0.2) is 0 Å². The second-order valence-electron chi connectivity index (χ2n) is 4.61. The van der Waals surface area contributed by atoms with Crippen LogP contribution in [0.25, 0.3) is 0 Å². The molecule has 2 rings (SSSR count). The number of carbonyl (C=O) groups is 1. The summed E-state index contributed by atoms with van der Waals surface area (Å²) >= 11 is 0. The standard InChI is InChI=1S/C13H15N3O2/c14-6-5-10-1-3-11(4-2-10)16-13(7-12(17)18)8-15-9-13/h1-4,15-16H,5,7-9H2,(H,17,18). The van der Waals surface area contributed by atoms with Crippen molar-refractivity contribution >= 4 is 11.7 Å². The number of anilines is 1. The van der Waals surface area contributed by atoms with E-state index in [1.807, 2.05) is 24.3 Å². The third-order valence-corrected chi connectivity index (χ3v) is 3.06. The highest BCUT2D eigenvalue weighted by Crippen LogP contribution is 2.23. The van der Waals surface area contributed by atoms with Crippen LogP contribution in [0.4, 0.5) is 5.69 Å². The number of rotatable bonds is 5. The second kappa shape index (κ2) is 5.07. The molecule has 0 spiro atoms. The number of nitrogens with zero attached hydrogens (tertiary/aromatic N) is 1. The number of hydrogen-bond donors (Lipinski definition) is 3. The Labute approximate surface area is 105 Å². The molecule has 1 aromatic carbocycles. The summed E-state index contributed by atoms with van der Waals surface area (Å²) in [6.07, 6.45) is 0.488. The fourth-order valence-corrected chi connectivity index (χ4v) is 2.08. The Morgan fingerprint density at radius 2 is 2.11 bits per heavy atom. The van der Waals surface area contributed by atoms with E-state index in [2.05, 4.69) is 16.7 Å². The van der Waals surface area contributed by atoms with E-state index in [0.29, 0.717) is 19.5 Å². The number of hydrogen-bond acceptors (Lipinski definition) is 4. The fourth-order valence-electron chi connectivity index (χ4n) is 2.08. The Hall–Kier alpha value is -2.06. The van der Waals surface area contributed by atoms with Gasteiger partial charge in [0.15, 0.2) is 0 Å². The van der Waals surface area contributed by atoms with Crippen molar-refractivity contribution in [2.24, 2.45) is 0 Å². The van der Waals surface area contributed by atoms with Crippen molar-refractivity contribution in [3.8, 4) is 6.07 Å². The number of carboxylic acids is 1. The summed E-state index contributed by atoms with van der Waals surface area (Å²) in [5.41, 5.74) is 1.46. The molecule has 94 valence electrons. The third-order valence-electron chi connectivity index (χ3n) is 3.06. The van der Waals surface area contributed by atoms with Gasteiger partial charge >= 0.3 is 5.97 Å². The zero-order valence-electron chi connectivity index (χ0n) is 9.94. The third kappa shape index (κ3) is 2.79. The van der Waals surface area contributed by atoms with E-state index in [0.717, 1.165) is 11.3 Å². The molecular formula is C13H15N3O2. The van der Waals surface area contributed by atoms with Gasteiger partial charge in [0.05, 0.1) is 24.4 Å². The van der Waals surface area contributed by atoms with Gasteiger partial charge in [0.2, 0.25) is 0 Å². The molecule has 1 aliphatic rings. The first kappa shape index (κ1) is 12.4. The molecule has 1 fully saturated rings. The topological polar surface area (TPSA) is 85.2 Å². The maximum atomic E-state index is 10.8. The predicted octanol–water partition coefficient (Wildman–Crippen LogP) is 0.981. The molecule has 3 N–H and O–H groups in total. The monoisotopic (exact) mass is 245 g/mol. The van der Waals surface area contributed by atoms with Crippen molar-refractivity contribution in [2.75, 3.05) is 18.4 Å². The quantitative estimate of drug-likeness (QED) is 0.720. The van der Waals surface area contributed by atoms with Gasteiger partial charge in [0, 0.05) is 18.8 Å². The van der Waals surface area contributed by atoms with Crippen molar-refractivity contribution in [2.45, 2.75) is 18.4 Å². The van der Waals surface area contributed by atoms with Gasteiger partial charge in [-0.1, -0.05) is 12.1 Å². The van der Waals surface area contributed by atoms with Crippen LogP contribution in [0.15, 0.2) is 24.3 Å². The number of nitrogens with one attached hydrogen (secondary N) is 2. The number of carboxylic acid groups (broad SMARTS) is 1. The van der Waals surface area contributed by atoms with Crippen molar-refractivity contribution in [1.29, 1.82) is 5.26 Å². The molecule has 1 heterocycles. The summed E-state index contributed by atoms with van der Waals surface area (Å²) in [5.74, 6) is -0.801. The molecule has 18 heavy (non-hydrogen) atoms. The lowest BCUT2D eigenvalue weighted by Gasteiger charge is -2.43. The Kier molecular flexibility index (Phi) is 3.49. The first-order valence-corrected chi connectivity index (χ1v) is 5.80. The zero-order valence-corrected chi connectivity index (χ0v) is 9.94. The molecule has 0 bridgehead atoms. The Morgan fingerprint density at radius 1 is 1.44 bits per heavy atom. The molecule has 0 aliphatic carbocycles. The summed E-state index contributed by atoms with van der Waals surface area (Å²) in [6, 6.07) is 9.62. The lowest BCUT2D eigenvalue weighted by Crippen LogP contribution is -2.65. The van der Waals surface area contributed by atoms with Gasteiger partial charge in [-0.2, -0.15) is 5.26 Å². The van der Waals surface area contributed by atoms with E-state index in [9.17, 15) is 4.79 Å². The predicted molar refractivity (Wildman–Crippen MR) is 67.2 cm³/mol. The minimum atomic E-state index is -0.801. The van der Waals surface area contributed by atoms with E-state index >= 15 is 0 Å². The highest BCUT2D eigenvalue weighted by atomic mass is 16.4. The van der Waals surface area contributed by atoms with Crippen LogP contribution in [0.3, 0.4) is 0 Å². The molecule has 0 atom stereocenters. The number of nitriles is 1. The van der Waals surface area contributed by atoms with E-state index < -0.39 is 5.97 Å². The summed E-state index contributed by atoms with van der Waals surface area (Å²) < 4.78 is 0. The van der Waals surface area contributed by atoms with Gasteiger partial charge in [0.25, 0.3) is 0 Å². The number of aliphatic carboxylic acids is 1. The summed E-state index contributed by atoms with van der Waals surface area (Å²) in [5, 5.41) is 23.8. The van der Waals surface area contributed by atoms with Crippen molar-refractivity contribution in [3.05, 3.63) is 29.8 Å². The molecule has 1 saturated heterocycles. The Morgan fingerprint density at radius 3 is 2.56 bits per heavy atom. The van der Waals surface area contributed by atoms with Crippen LogP contribution in [0, 0.1) is 11.3 Å². The van der Waals surface area contributed by atoms with E-state index in [1.54, 1.807) is 0 Å². The minimum absolute atomic E-state index is 0.0972. The fraction of sp³-hybridized carbons (Fsp3) is 0.385. The van der Waals surface area contributed by atoms with E-state index in [1.165, 1.54) is 0 Å². The average Bonchev–Trinajstić information content (AvgIpc) is 2.28. The van der Waals surface area contributed by atoms with Gasteiger partial charge in [-0.05, 0) is 17.7 Å². The largest absolute Gasteiger partial charge is 0.481 e. The molecule has 0 radical (unpaired) electrons. The second-order valence-corrected chi connectivity index (χ2v) is 4.61. The van der Waals surface area contributed by atoms with Crippen LogP contribution in [0.2, 0.25) is 0 Å². The highest BCUT2D eigenvalue weighted by Gasteiger charge is 2.38. The first-order valence-electron chi connectivity index (χ1n) is 5.80. The maximum absolute atomic E-state index is 10.8. The van der Waals surface area contributed by atoms with Crippen molar-refractivity contribution in [3.63, 3.8) is 0 Å². The average molecular weight is 245 g/mol. The molecule has 5 nitrogen and oxygen atoms in total. The van der Waals surface area contributed by atoms with Gasteiger partial charge in [-0.15, -0.1) is 0 Å². The maximum Gasteiger partial charge on any atom is 0.305 e. The molecule has 0 saturated carbocycles. The first-order chi connectivity index (χ1) is 8.63. The molecule has 5 heteroatoms. The van der Waals surface area contributed by atoms with Crippen LogP contribution in [-0.2, 0) is 11.2 Å². The molecular weight excluding hydrogens is 230 g/mol. The number of benzene rings is 1. The summed E-state index contributed by atoms with van der Waals surface area (Å²) in [6.45, 7) is 1.30. The molecule has 0 unspecified atom stereocenters. The lowest BCUT2D eigenvalue weighted by molar-refractivity contribution is -0.138. The normalized spacial score (nSPS) is 16.4. The van der Waals surface area contributed by atoms with Crippen LogP contribution < -0.4 is 10.6 Å². The van der Waals surface area contributed by atoms with Gasteiger partial charge in [0.1, 0.15) is 0 Å². The molecule has 1 aliphatic heterocycles. The Bertz CT molecular complexity index is 472. The van der Waals surface area contributed by atoms with Gasteiger partial charge < -0.3 is 15.7 Å². The van der Waals surface area contributed by atoms with E-state index in [-0.39, 0.29) is 12.0 Å². The molecule has 1 aromatic rings.